The number of carbonyl (C=O) groups excluding carboxylic acids is 2. The smallest absolute Gasteiger partial charge is 0.223 e. The third kappa shape index (κ3) is 1.99. The summed E-state index contributed by atoms with van der Waals surface area (Å²) in [5.74, 6) is -0.281. The number of fused-ring (bicyclic) bond motifs is 1. The van der Waals surface area contributed by atoms with Crippen molar-refractivity contribution >= 4 is 17.9 Å². The molecule has 1 atom stereocenters. The van der Waals surface area contributed by atoms with Gasteiger partial charge in [0.2, 0.25) is 5.91 Å². The minimum Gasteiger partial charge on any atom is -0.367 e. The van der Waals surface area contributed by atoms with E-state index in [0.29, 0.717) is 38.0 Å². The summed E-state index contributed by atoms with van der Waals surface area (Å²) in [7, 11) is 0. The van der Waals surface area contributed by atoms with Gasteiger partial charge < -0.3 is 9.80 Å². The van der Waals surface area contributed by atoms with Gasteiger partial charge in [0.15, 0.2) is 6.29 Å². The van der Waals surface area contributed by atoms with Crippen LogP contribution < -0.4 is 4.90 Å². The highest BCUT2D eigenvalue weighted by Gasteiger charge is 2.36. The van der Waals surface area contributed by atoms with E-state index in [2.05, 4.69) is 0 Å². The van der Waals surface area contributed by atoms with Crippen molar-refractivity contribution in [3.8, 4) is 0 Å². The first kappa shape index (κ1) is 12.1. The van der Waals surface area contributed by atoms with Gasteiger partial charge in [-0.25, -0.2) is 4.39 Å². The molecule has 1 unspecified atom stereocenters. The summed E-state index contributed by atoms with van der Waals surface area (Å²) in [6.07, 6.45) is 2.01. The van der Waals surface area contributed by atoms with Crippen LogP contribution in [-0.4, -0.2) is 42.8 Å². The Morgan fingerprint density at radius 2 is 2.16 bits per heavy atom. The van der Waals surface area contributed by atoms with Crippen LogP contribution in [0.15, 0.2) is 18.2 Å². The molecule has 3 rings (SSSR count). The number of anilines is 1. The van der Waals surface area contributed by atoms with Gasteiger partial charge in [0.1, 0.15) is 5.82 Å². The van der Waals surface area contributed by atoms with Crippen molar-refractivity contribution < 1.29 is 14.0 Å². The molecule has 2 aliphatic heterocycles. The van der Waals surface area contributed by atoms with E-state index in [1.165, 1.54) is 6.07 Å². The van der Waals surface area contributed by atoms with Crippen LogP contribution in [0.25, 0.3) is 0 Å². The van der Waals surface area contributed by atoms with Gasteiger partial charge in [0, 0.05) is 32.1 Å². The summed E-state index contributed by atoms with van der Waals surface area (Å²) in [5.41, 5.74) is 0.745. The Balaban J connectivity index is 1.86. The van der Waals surface area contributed by atoms with Crippen LogP contribution in [0.5, 0.6) is 0 Å². The van der Waals surface area contributed by atoms with Crippen LogP contribution >= 0.6 is 0 Å². The monoisotopic (exact) mass is 262 g/mol. The maximum Gasteiger partial charge on any atom is 0.223 e. The molecule has 2 aliphatic rings. The second-order valence-corrected chi connectivity index (χ2v) is 5.02. The summed E-state index contributed by atoms with van der Waals surface area (Å²) in [4.78, 5) is 26.6. The van der Waals surface area contributed by atoms with E-state index in [9.17, 15) is 14.0 Å². The molecular weight excluding hydrogens is 247 g/mol. The molecule has 0 radical (unpaired) electrons. The Bertz CT molecular complexity index is 532. The summed E-state index contributed by atoms with van der Waals surface area (Å²) in [6, 6.07) is 4.87. The zero-order valence-corrected chi connectivity index (χ0v) is 10.5. The number of hydrogen-bond acceptors (Lipinski definition) is 3. The predicted molar refractivity (Wildman–Crippen MR) is 68.7 cm³/mol. The predicted octanol–water partition coefficient (Wildman–Crippen LogP) is 1.45. The van der Waals surface area contributed by atoms with Gasteiger partial charge in [-0.15, -0.1) is 0 Å². The average Bonchev–Trinajstić information content (AvgIpc) is 2.79. The molecule has 19 heavy (non-hydrogen) atoms. The van der Waals surface area contributed by atoms with Crippen LogP contribution in [0.3, 0.4) is 0 Å². The fourth-order valence-corrected chi connectivity index (χ4v) is 3.00. The summed E-state index contributed by atoms with van der Waals surface area (Å²) in [6.45, 7) is 1.97. The summed E-state index contributed by atoms with van der Waals surface area (Å²) >= 11 is 0. The lowest BCUT2D eigenvalue weighted by molar-refractivity contribution is -0.129. The van der Waals surface area contributed by atoms with E-state index in [-0.39, 0.29) is 17.5 Å². The number of hydrogen-bond donors (Lipinski definition) is 0. The molecule has 0 N–H and O–H groups in total. The highest BCUT2D eigenvalue weighted by molar-refractivity contribution is 5.85. The molecule has 1 aromatic carbocycles. The number of aldehydes is 1. The molecule has 0 bridgehead atoms. The van der Waals surface area contributed by atoms with E-state index in [1.807, 2.05) is 9.80 Å². The summed E-state index contributed by atoms with van der Waals surface area (Å²) in [5, 5.41) is 0. The number of amides is 1. The molecule has 1 amide bonds. The zero-order chi connectivity index (χ0) is 13.4. The molecule has 5 heteroatoms. The lowest BCUT2D eigenvalue weighted by Crippen LogP contribution is -2.51. The van der Waals surface area contributed by atoms with Crippen molar-refractivity contribution in [2.24, 2.45) is 0 Å². The van der Waals surface area contributed by atoms with Crippen LogP contribution in [0.1, 0.15) is 23.2 Å². The van der Waals surface area contributed by atoms with Crippen LogP contribution in [-0.2, 0) is 4.79 Å². The fraction of sp³-hybridized carbons (Fsp3) is 0.429. The molecule has 2 saturated heterocycles. The molecule has 1 aromatic rings. The summed E-state index contributed by atoms with van der Waals surface area (Å²) < 4.78 is 13.6. The molecule has 0 spiro atoms. The molecule has 2 heterocycles. The number of rotatable bonds is 2. The Morgan fingerprint density at radius 3 is 2.95 bits per heavy atom. The maximum absolute atomic E-state index is 13.6. The fourth-order valence-electron chi connectivity index (χ4n) is 3.00. The van der Waals surface area contributed by atoms with E-state index in [1.54, 1.807) is 12.1 Å². The third-order valence-corrected chi connectivity index (χ3v) is 3.98. The van der Waals surface area contributed by atoms with Crippen molar-refractivity contribution in [2.45, 2.75) is 18.9 Å². The Hall–Kier alpha value is -1.91. The molecule has 100 valence electrons. The second-order valence-electron chi connectivity index (χ2n) is 5.02. The topological polar surface area (TPSA) is 40.6 Å². The van der Waals surface area contributed by atoms with Crippen molar-refractivity contribution in [1.82, 2.24) is 4.90 Å². The first-order chi connectivity index (χ1) is 9.20. The maximum atomic E-state index is 13.6. The number of carbonyl (C=O) groups is 2. The largest absolute Gasteiger partial charge is 0.367 e. The number of halogens is 1. The minimum absolute atomic E-state index is 0.111. The van der Waals surface area contributed by atoms with E-state index in [4.69, 9.17) is 0 Å². The second kappa shape index (κ2) is 4.64. The lowest BCUT2D eigenvalue weighted by atomic mass is 10.1. The molecule has 0 aromatic heterocycles. The van der Waals surface area contributed by atoms with Crippen LogP contribution in [0, 0.1) is 5.82 Å². The van der Waals surface area contributed by atoms with Gasteiger partial charge in [0.25, 0.3) is 0 Å². The third-order valence-electron chi connectivity index (χ3n) is 3.98. The van der Waals surface area contributed by atoms with Crippen LogP contribution in [0.2, 0.25) is 0 Å². The molecule has 2 fully saturated rings. The van der Waals surface area contributed by atoms with Gasteiger partial charge in [-0.1, -0.05) is 6.07 Å². The zero-order valence-electron chi connectivity index (χ0n) is 10.5. The molecular formula is C14H15FN2O2. The lowest BCUT2D eigenvalue weighted by Gasteiger charge is -2.39. The van der Waals surface area contributed by atoms with E-state index < -0.39 is 5.82 Å². The average molecular weight is 262 g/mol. The van der Waals surface area contributed by atoms with Crippen molar-refractivity contribution in [3.05, 3.63) is 29.6 Å². The quantitative estimate of drug-likeness (QED) is 0.757. The minimum atomic E-state index is -0.488. The molecule has 0 saturated carbocycles. The first-order valence-corrected chi connectivity index (χ1v) is 6.49. The first-order valence-electron chi connectivity index (χ1n) is 6.49. The van der Waals surface area contributed by atoms with Crippen molar-refractivity contribution in [2.75, 3.05) is 24.5 Å². The van der Waals surface area contributed by atoms with Crippen molar-refractivity contribution in [3.63, 3.8) is 0 Å². The van der Waals surface area contributed by atoms with Gasteiger partial charge >= 0.3 is 0 Å². The van der Waals surface area contributed by atoms with E-state index >= 15 is 0 Å². The van der Waals surface area contributed by atoms with Gasteiger partial charge in [-0.05, 0) is 18.6 Å². The highest BCUT2D eigenvalue weighted by atomic mass is 19.1. The molecule has 4 nitrogen and oxygen atoms in total. The van der Waals surface area contributed by atoms with Gasteiger partial charge in [-0.3, -0.25) is 9.59 Å². The number of piperazine rings is 1. The highest BCUT2D eigenvalue weighted by Crippen LogP contribution is 2.28. The standard InChI is InChI=1S/C14H15FN2O2/c15-12-2-1-3-13(11(12)9-18)16-6-7-17-10(8-16)4-5-14(17)19/h1-3,9-10H,4-8H2. The number of nitrogens with zero attached hydrogens (tertiary/aromatic N) is 2. The van der Waals surface area contributed by atoms with E-state index in [0.717, 1.165) is 6.42 Å². The Kier molecular flexibility index (Phi) is 2.97. The Labute approximate surface area is 110 Å². The normalized spacial score (nSPS) is 22.6. The number of benzene rings is 1. The van der Waals surface area contributed by atoms with Crippen LogP contribution in [0.4, 0.5) is 10.1 Å². The molecule has 0 aliphatic carbocycles. The van der Waals surface area contributed by atoms with Crippen molar-refractivity contribution in [1.29, 1.82) is 0 Å². The van der Waals surface area contributed by atoms with Gasteiger partial charge in [0.05, 0.1) is 11.3 Å². The Morgan fingerprint density at radius 1 is 1.32 bits per heavy atom. The van der Waals surface area contributed by atoms with Gasteiger partial charge in [-0.2, -0.15) is 0 Å². The SMILES string of the molecule is O=Cc1c(F)cccc1N1CCN2C(=O)CCC2C1.